The Morgan fingerprint density at radius 2 is 1.95 bits per heavy atom. The Kier molecular flexibility index (Phi) is 4.38. The van der Waals surface area contributed by atoms with Crippen molar-refractivity contribution in [2.24, 2.45) is 0 Å². The van der Waals surface area contributed by atoms with E-state index in [0.717, 1.165) is 11.1 Å². The second-order valence-electron chi connectivity index (χ2n) is 4.79. The quantitative estimate of drug-likeness (QED) is 0.848. The van der Waals surface area contributed by atoms with Crippen molar-refractivity contribution in [1.82, 2.24) is 0 Å². The van der Waals surface area contributed by atoms with Gasteiger partial charge in [0.2, 0.25) is 0 Å². The van der Waals surface area contributed by atoms with Gasteiger partial charge < -0.3 is 15.8 Å². The van der Waals surface area contributed by atoms with Gasteiger partial charge in [0.1, 0.15) is 5.75 Å². The van der Waals surface area contributed by atoms with Gasteiger partial charge in [-0.05, 0) is 37.1 Å². The summed E-state index contributed by atoms with van der Waals surface area (Å²) in [7, 11) is 1.53. The first-order valence-electron chi connectivity index (χ1n) is 6.44. The van der Waals surface area contributed by atoms with Crippen molar-refractivity contribution < 1.29 is 9.53 Å². The molecule has 2 aromatic carbocycles. The van der Waals surface area contributed by atoms with Gasteiger partial charge in [0.25, 0.3) is 5.91 Å². The Hall–Kier alpha value is -2.20. The van der Waals surface area contributed by atoms with Crippen LogP contribution in [0.5, 0.6) is 5.75 Å². The minimum absolute atomic E-state index is 0.281. The minimum Gasteiger partial charge on any atom is -0.495 e. The highest BCUT2D eigenvalue weighted by Gasteiger charge is 2.14. The molecule has 4 nitrogen and oxygen atoms in total. The van der Waals surface area contributed by atoms with E-state index < -0.39 is 0 Å². The molecule has 0 atom stereocenters. The summed E-state index contributed by atoms with van der Waals surface area (Å²) in [5, 5.41) is 3.39. The number of anilines is 2. The number of nitrogens with two attached hydrogens (primary N) is 1. The highest BCUT2D eigenvalue weighted by atomic mass is 35.5. The number of para-hydroxylation sites is 1. The number of benzene rings is 2. The second kappa shape index (κ2) is 6.06. The monoisotopic (exact) mass is 304 g/mol. The molecule has 0 aliphatic rings. The van der Waals surface area contributed by atoms with Gasteiger partial charge in [-0.25, -0.2) is 0 Å². The van der Waals surface area contributed by atoms with Crippen molar-refractivity contribution in [3.8, 4) is 5.75 Å². The third-order valence-electron chi connectivity index (χ3n) is 3.30. The Balaban J connectivity index is 2.36. The maximum absolute atomic E-state index is 12.4. The van der Waals surface area contributed by atoms with Gasteiger partial charge in [-0.2, -0.15) is 0 Å². The summed E-state index contributed by atoms with van der Waals surface area (Å²) in [6, 6.07) is 8.79. The fourth-order valence-corrected chi connectivity index (χ4v) is 2.15. The lowest BCUT2D eigenvalue weighted by molar-refractivity contribution is 0.102. The molecule has 21 heavy (non-hydrogen) atoms. The summed E-state index contributed by atoms with van der Waals surface area (Å²) in [6.07, 6.45) is 0. The summed E-state index contributed by atoms with van der Waals surface area (Å²) in [5.74, 6) is 0.224. The lowest BCUT2D eigenvalue weighted by atomic mass is 10.1. The average molecular weight is 305 g/mol. The van der Waals surface area contributed by atoms with Crippen molar-refractivity contribution in [2.45, 2.75) is 13.8 Å². The smallest absolute Gasteiger partial charge is 0.257 e. The number of nitrogen functional groups attached to an aromatic ring is 1. The Morgan fingerprint density at radius 1 is 1.24 bits per heavy atom. The third kappa shape index (κ3) is 3.11. The van der Waals surface area contributed by atoms with Crippen LogP contribution in [0.1, 0.15) is 21.5 Å². The van der Waals surface area contributed by atoms with E-state index in [0.29, 0.717) is 27.7 Å². The predicted molar refractivity (Wildman–Crippen MR) is 86.3 cm³/mol. The minimum atomic E-state index is -0.281. The normalized spacial score (nSPS) is 10.3. The van der Waals surface area contributed by atoms with Gasteiger partial charge in [-0.1, -0.05) is 23.7 Å². The second-order valence-corrected chi connectivity index (χ2v) is 5.20. The molecule has 3 N–H and O–H groups in total. The molecule has 0 radical (unpaired) electrons. The molecule has 110 valence electrons. The number of rotatable bonds is 3. The van der Waals surface area contributed by atoms with E-state index in [1.165, 1.54) is 7.11 Å². The Morgan fingerprint density at radius 3 is 2.62 bits per heavy atom. The van der Waals surface area contributed by atoms with Crippen LogP contribution in [0.2, 0.25) is 5.02 Å². The molecule has 2 aromatic rings. The van der Waals surface area contributed by atoms with Crippen LogP contribution in [0.15, 0.2) is 30.3 Å². The average Bonchev–Trinajstić information content (AvgIpc) is 2.45. The number of methoxy groups -OCH3 is 1. The molecule has 0 saturated heterocycles. The first-order chi connectivity index (χ1) is 9.93. The summed E-state index contributed by atoms with van der Waals surface area (Å²) < 4.78 is 5.24. The highest BCUT2D eigenvalue weighted by molar-refractivity contribution is 6.31. The molecule has 0 spiro atoms. The van der Waals surface area contributed by atoms with Gasteiger partial charge in [-0.3, -0.25) is 4.79 Å². The number of carbonyl (C=O) groups excluding carboxylic acids is 1. The first-order valence-corrected chi connectivity index (χ1v) is 6.82. The van der Waals surface area contributed by atoms with Crippen LogP contribution >= 0.6 is 11.6 Å². The molecule has 5 heteroatoms. The number of ether oxygens (including phenoxy) is 1. The largest absolute Gasteiger partial charge is 0.495 e. The predicted octanol–water partition coefficient (Wildman–Crippen LogP) is 3.80. The van der Waals surface area contributed by atoms with E-state index >= 15 is 0 Å². The molecule has 1 amide bonds. The molecular formula is C16H17ClN2O2. The van der Waals surface area contributed by atoms with Crippen LogP contribution in [-0.2, 0) is 0 Å². The summed E-state index contributed by atoms with van der Waals surface area (Å²) in [4.78, 5) is 12.4. The van der Waals surface area contributed by atoms with Crippen LogP contribution < -0.4 is 15.8 Å². The SMILES string of the molecule is COc1cc(Cl)c(C)cc1NC(=O)c1cccc(C)c1N. The van der Waals surface area contributed by atoms with Crippen LogP contribution in [0.3, 0.4) is 0 Å². The number of hydrogen-bond donors (Lipinski definition) is 2. The molecule has 0 unspecified atom stereocenters. The molecular weight excluding hydrogens is 288 g/mol. The molecule has 0 fully saturated rings. The zero-order chi connectivity index (χ0) is 15.6. The van der Waals surface area contributed by atoms with E-state index in [9.17, 15) is 4.79 Å². The number of hydrogen-bond acceptors (Lipinski definition) is 3. The number of aryl methyl sites for hydroxylation is 2. The molecule has 0 saturated carbocycles. The van der Waals surface area contributed by atoms with Crippen molar-refractivity contribution in [3.05, 3.63) is 52.0 Å². The van der Waals surface area contributed by atoms with Crippen LogP contribution in [0.4, 0.5) is 11.4 Å². The van der Waals surface area contributed by atoms with Crippen molar-refractivity contribution in [1.29, 1.82) is 0 Å². The van der Waals surface area contributed by atoms with E-state index in [1.807, 2.05) is 19.9 Å². The van der Waals surface area contributed by atoms with E-state index in [2.05, 4.69) is 5.32 Å². The van der Waals surface area contributed by atoms with Gasteiger partial charge in [-0.15, -0.1) is 0 Å². The summed E-state index contributed by atoms with van der Waals surface area (Å²) >= 11 is 6.05. The van der Waals surface area contributed by atoms with Crippen molar-refractivity contribution in [2.75, 3.05) is 18.2 Å². The summed E-state index contributed by atoms with van der Waals surface area (Å²) in [6.45, 7) is 3.72. The number of halogens is 1. The molecule has 0 aliphatic carbocycles. The van der Waals surface area contributed by atoms with Crippen LogP contribution in [-0.4, -0.2) is 13.0 Å². The van der Waals surface area contributed by atoms with E-state index in [1.54, 1.807) is 24.3 Å². The zero-order valence-electron chi connectivity index (χ0n) is 12.2. The van der Waals surface area contributed by atoms with Gasteiger partial charge >= 0.3 is 0 Å². The molecule has 0 bridgehead atoms. The van der Waals surface area contributed by atoms with Crippen molar-refractivity contribution >= 4 is 28.9 Å². The standard InChI is InChI=1S/C16H17ClN2O2/c1-9-5-4-6-11(15(9)18)16(20)19-13-7-10(2)12(17)8-14(13)21-3/h4-8H,18H2,1-3H3,(H,19,20). The molecule has 0 heterocycles. The van der Waals surface area contributed by atoms with Gasteiger partial charge in [0, 0.05) is 16.8 Å². The first kappa shape index (κ1) is 15.2. The molecule has 0 aliphatic heterocycles. The number of carbonyl (C=O) groups is 1. The van der Waals surface area contributed by atoms with Crippen molar-refractivity contribution in [3.63, 3.8) is 0 Å². The van der Waals surface area contributed by atoms with Gasteiger partial charge in [0.05, 0.1) is 18.4 Å². The molecule has 0 aromatic heterocycles. The highest BCUT2D eigenvalue weighted by Crippen LogP contribution is 2.31. The topological polar surface area (TPSA) is 64.3 Å². The van der Waals surface area contributed by atoms with E-state index in [4.69, 9.17) is 22.1 Å². The Labute approximate surface area is 128 Å². The van der Waals surface area contributed by atoms with E-state index in [-0.39, 0.29) is 5.91 Å². The lowest BCUT2D eigenvalue weighted by Gasteiger charge is -2.13. The van der Waals surface area contributed by atoms with Crippen LogP contribution in [0, 0.1) is 13.8 Å². The summed E-state index contributed by atoms with van der Waals surface area (Å²) in [5.41, 5.74) is 9.13. The Bertz CT molecular complexity index is 699. The maximum Gasteiger partial charge on any atom is 0.257 e. The fourth-order valence-electron chi connectivity index (χ4n) is 2.00. The fraction of sp³-hybridized carbons (Fsp3) is 0.188. The van der Waals surface area contributed by atoms with Gasteiger partial charge in [0.15, 0.2) is 0 Å². The lowest BCUT2D eigenvalue weighted by Crippen LogP contribution is -2.15. The number of nitrogens with one attached hydrogen (secondary N) is 1. The number of amides is 1. The van der Waals surface area contributed by atoms with Crippen LogP contribution in [0.25, 0.3) is 0 Å². The third-order valence-corrected chi connectivity index (χ3v) is 3.70. The molecule has 2 rings (SSSR count). The maximum atomic E-state index is 12.4. The zero-order valence-corrected chi connectivity index (χ0v) is 12.9.